The van der Waals surface area contributed by atoms with Crippen LogP contribution >= 0.6 is 34.4 Å². The number of rotatable bonds is 5. The van der Waals surface area contributed by atoms with Crippen LogP contribution in [0.4, 0.5) is 0 Å². The third-order valence-electron chi connectivity index (χ3n) is 5.07. The lowest BCUT2D eigenvalue weighted by Crippen LogP contribution is -2.49. The molecule has 2 aliphatic rings. The van der Waals surface area contributed by atoms with Crippen LogP contribution < -0.4 is 10.5 Å². The molecule has 1 aromatic rings. The van der Waals surface area contributed by atoms with E-state index in [4.69, 9.17) is 5.73 Å². The normalized spacial score (nSPS) is 25.2. The smallest absolute Gasteiger partial charge is 0.240 e. The third-order valence-corrected chi connectivity index (χ3v) is 8.30. The molecule has 1 aromatic carbocycles. The van der Waals surface area contributed by atoms with Gasteiger partial charge in [0.05, 0.1) is 16.8 Å². The molecule has 1 saturated heterocycles. The summed E-state index contributed by atoms with van der Waals surface area (Å²) in [6.07, 6.45) is 2.97. The second-order valence-electron chi connectivity index (χ2n) is 6.85. The second kappa shape index (κ2) is 8.76. The molecule has 6 nitrogen and oxygen atoms in total. The minimum atomic E-state index is -3.51. The fraction of sp³-hybridized carbons (Fsp3) is 0.588. The van der Waals surface area contributed by atoms with E-state index in [0.29, 0.717) is 17.7 Å². The number of nitrogens with two attached hydrogens (primary N) is 1. The molecular formula is C17H24IN3O3S2. The van der Waals surface area contributed by atoms with E-state index in [-0.39, 0.29) is 17.9 Å². The van der Waals surface area contributed by atoms with E-state index >= 15 is 0 Å². The van der Waals surface area contributed by atoms with Gasteiger partial charge in [0.15, 0.2) is 0 Å². The lowest BCUT2D eigenvalue weighted by Gasteiger charge is -2.33. The zero-order chi connectivity index (χ0) is 18.7. The minimum Gasteiger partial charge on any atom is -0.331 e. The molecule has 9 heteroatoms. The maximum atomic E-state index is 12.5. The van der Waals surface area contributed by atoms with Gasteiger partial charge in [-0.05, 0) is 78.5 Å². The van der Waals surface area contributed by atoms with Crippen molar-refractivity contribution in [2.75, 3.05) is 18.2 Å². The Kier molecular flexibility index (Phi) is 6.87. The Morgan fingerprint density at radius 2 is 1.88 bits per heavy atom. The molecule has 0 unspecified atom stereocenters. The molecule has 144 valence electrons. The number of carbonyl (C=O) groups excluding carboxylic acids is 1. The lowest BCUT2D eigenvalue weighted by atomic mass is 9.81. The fourth-order valence-electron chi connectivity index (χ4n) is 3.50. The van der Waals surface area contributed by atoms with Crippen LogP contribution in [-0.4, -0.2) is 49.5 Å². The van der Waals surface area contributed by atoms with Crippen molar-refractivity contribution in [1.82, 2.24) is 9.62 Å². The summed E-state index contributed by atoms with van der Waals surface area (Å²) in [4.78, 5) is 14.6. The average Bonchev–Trinajstić information content (AvgIpc) is 3.16. The molecule has 0 aromatic heterocycles. The maximum absolute atomic E-state index is 12.5. The molecule has 1 saturated carbocycles. The van der Waals surface area contributed by atoms with Crippen molar-refractivity contribution in [2.24, 2.45) is 11.7 Å². The molecule has 1 atom stereocenters. The number of amides is 1. The highest BCUT2D eigenvalue weighted by Gasteiger charge is 2.34. The van der Waals surface area contributed by atoms with Gasteiger partial charge in [-0.3, -0.25) is 4.79 Å². The first-order chi connectivity index (χ1) is 12.4. The molecule has 1 aliphatic heterocycles. The van der Waals surface area contributed by atoms with E-state index < -0.39 is 16.1 Å². The van der Waals surface area contributed by atoms with E-state index in [9.17, 15) is 13.2 Å². The number of hydrogen-bond donors (Lipinski definition) is 2. The zero-order valence-corrected chi connectivity index (χ0v) is 18.2. The van der Waals surface area contributed by atoms with Crippen LogP contribution in [0.1, 0.15) is 25.7 Å². The van der Waals surface area contributed by atoms with Crippen molar-refractivity contribution < 1.29 is 13.2 Å². The SMILES string of the molecule is N[C@H](C(=O)N1CCSC1)C1CCC(NS(=O)(=O)c2ccc(I)cc2)CC1. The topological polar surface area (TPSA) is 92.5 Å². The fourth-order valence-corrected chi connectivity index (χ4v) is 6.12. The average molecular weight is 509 g/mol. The van der Waals surface area contributed by atoms with Crippen molar-refractivity contribution in [3.63, 3.8) is 0 Å². The van der Waals surface area contributed by atoms with Gasteiger partial charge in [0.2, 0.25) is 15.9 Å². The Morgan fingerprint density at radius 3 is 2.46 bits per heavy atom. The molecule has 26 heavy (non-hydrogen) atoms. The monoisotopic (exact) mass is 509 g/mol. The van der Waals surface area contributed by atoms with Crippen LogP contribution in [0, 0.1) is 9.49 Å². The number of carbonyl (C=O) groups is 1. The minimum absolute atomic E-state index is 0.0397. The van der Waals surface area contributed by atoms with E-state index in [1.165, 1.54) is 0 Å². The van der Waals surface area contributed by atoms with Gasteiger partial charge in [-0.1, -0.05) is 0 Å². The highest BCUT2D eigenvalue weighted by atomic mass is 127. The number of thioether (sulfide) groups is 1. The second-order valence-corrected chi connectivity index (χ2v) is 10.9. The van der Waals surface area contributed by atoms with Crippen LogP contribution in [0.3, 0.4) is 0 Å². The molecule has 3 rings (SSSR count). The maximum Gasteiger partial charge on any atom is 0.240 e. The Bertz CT molecular complexity index is 728. The summed E-state index contributed by atoms with van der Waals surface area (Å²) in [5, 5.41) is 0. The molecule has 2 fully saturated rings. The summed E-state index contributed by atoms with van der Waals surface area (Å²) in [5.74, 6) is 1.88. The standard InChI is InChI=1S/C17H24IN3O3S2/c18-13-3-7-15(8-4-13)26(23,24)20-14-5-1-12(2-6-14)16(19)17(22)21-9-10-25-11-21/h3-4,7-8,12,14,16,20H,1-2,5-6,9-11,19H2/t12?,14?,16-/m0/s1. The first-order valence-corrected chi connectivity index (χ1v) is 12.5. The summed E-state index contributed by atoms with van der Waals surface area (Å²) < 4.78 is 28.8. The van der Waals surface area contributed by atoms with Gasteiger partial charge >= 0.3 is 0 Å². The van der Waals surface area contributed by atoms with Crippen molar-refractivity contribution in [1.29, 1.82) is 0 Å². The van der Waals surface area contributed by atoms with Gasteiger partial charge in [-0.2, -0.15) is 0 Å². The number of halogens is 1. The van der Waals surface area contributed by atoms with Crippen molar-refractivity contribution in [2.45, 2.75) is 42.7 Å². The molecule has 1 aliphatic carbocycles. The number of sulfonamides is 1. The van der Waals surface area contributed by atoms with Crippen molar-refractivity contribution in [3.05, 3.63) is 27.8 Å². The Hall–Kier alpha value is -0.360. The van der Waals surface area contributed by atoms with E-state index in [0.717, 1.165) is 34.6 Å². The molecule has 1 heterocycles. The van der Waals surface area contributed by atoms with Crippen LogP contribution in [-0.2, 0) is 14.8 Å². The first-order valence-electron chi connectivity index (χ1n) is 8.77. The zero-order valence-electron chi connectivity index (χ0n) is 14.4. The van der Waals surface area contributed by atoms with E-state index in [1.807, 2.05) is 4.90 Å². The van der Waals surface area contributed by atoms with E-state index in [1.54, 1.807) is 36.0 Å². The Morgan fingerprint density at radius 1 is 1.23 bits per heavy atom. The summed E-state index contributed by atoms with van der Waals surface area (Å²) in [7, 11) is -3.51. The van der Waals surface area contributed by atoms with Crippen LogP contribution in [0.15, 0.2) is 29.2 Å². The highest BCUT2D eigenvalue weighted by molar-refractivity contribution is 14.1. The molecular weight excluding hydrogens is 485 g/mol. The number of nitrogens with one attached hydrogen (secondary N) is 1. The van der Waals surface area contributed by atoms with Crippen molar-refractivity contribution >= 4 is 50.3 Å². The van der Waals surface area contributed by atoms with Gasteiger partial charge in [0.1, 0.15) is 0 Å². The number of benzene rings is 1. The van der Waals surface area contributed by atoms with Crippen LogP contribution in [0.5, 0.6) is 0 Å². The Balaban J connectivity index is 1.53. The number of nitrogens with zero attached hydrogens (tertiary/aromatic N) is 1. The summed E-state index contributed by atoms with van der Waals surface area (Å²) in [6.45, 7) is 0.780. The molecule has 3 N–H and O–H groups in total. The lowest BCUT2D eigenvalue weighted by molar-refractivity contribution is -0.132. The number of hydrogen-bond acceptors (Lipinski definition) is 5. The van der Waals surface area contributed by atoms with E-state index in [2.05, 4.69) is 27.3 Å². The van der Waals surface area contributed by atoms with Crippen LogP contribution in [0.25, 0.3) is 0 Å². The summed E-state index contributed by atoms with van der Waals surface area (Å²) in [6, 6.07) is 6.25. The highest BCUT2D eigenvalue weighted by Crippen LogP contribution is 2.29. The van der Waals surface area contributed by atoms with Crippen molar-refractivity contribution in [3.8, 4) is 0 Å². The quantitative estimate of drug-likeness (QED) is 0.593. The van der Waals surface area contributed by atoms with Crippen LogP contribution in [0.2, 0.25) is 0 Å². The van der Waals surface area contributed by atoms with Gasteiger partial charge in [-0.25, -0.2) is 13.1 Å². The first kappa shape index (κ1) is 20.4. The molecule has 0 bridgehead atoms. The third kappa shape index (κ3) is 4.92. The predicted octanol–water partition coefficient (Wildman–Crippen LogP) is 1.99. The van der Waals surface area contributed by atoms with Gasteiger partial charge in [0, 0.05) is 21.9 Å². The largest absolute Gasteiger partial charge is 0.331 e. The summed E-state index contributed by atoms with van der Waals surface area (Å²) in [5.41, 5.74) is 6.21. The summed E-state index contributed by atoms with van der Waals surface area (Å²) >= 11 is 3.90. The van der Waals surface area contributed by atoms with Gasteiger partial charge in [-0.15, -0.1) is 11.8 Å². The van der Waals surface area contributed by atoms with Gasteiger partial charge < -0.3 is 10.6 Å². The van der Waals surface area contributed by atoms with Gasteiger partial charge in [0.25, 0.3) is 0 Å². The molecule has 0 spiro atoms. The predicted molar refractivity (Wildman–Crippen MR) is 112 cm³/mol. The Labute approximate surface area is 172 Å². The molecule has 0 radical (unpaired) electrons. The molecule has 1 amide bonds.